The number of para-hydroxylation sites is 1. The minimum absolute atomic E-state index is 0.550. The van der Waals surface area contributed by atoms with E-state index < -0.39 is 0 Å². The van der Waals surface area contributed by atoms with E-state index in [1.807, 2.05) is 24.3 Å². The Hall–Kier alpha value is -1.59. The molecule has 0 bridgehead atoms. The van der Waals surface area contributed by atoms with Crippen molar-refractivity contribution in [1.82, 2.24) is 5.43 Å². The number of nitrogens with two attached hydrogens (primary N) is 1. The number of methoxy groups -OCH3 is 2. The van der Waals surface area contributed by atoms with Gasteiger partial charge in [-0.25, -0.2) is 5.84 Å². The highest BCUT2D eigenvalue weighted by molar-refractivity contribution is 6.00. The molecule has 1 aromatic carbocycles. The molecule has 5 heteroatoms. The van der Waals surface area contributed by atoms with E-state index in [4.69, 9.17) is 15.3 Å². The Labute approximate surface area is 95.2 Å². The van der Waals surface area contributed by atoms with Gasteiger partial charge in [-0.1, -0.05) is 12.1 Å². The van der Waals surface area contributed by atoms with Crippen molar-refractivity contribution in [3.63, 3.8) is 0 Å². The standard InChI is InChI=1S/C11H17N3O2/c1-15-8-7-13-11(14-12)9-5-3-4-6-10(9)16-2/h3-6H,7-8,12H2,1-2H3,(H,13,14). The summed E-state index contributed by atoms with van der Waals surface area (Å²) in [5.74, 6) is 6.76. The monoisotopic (exact) mass is 223 g/mol. The van der Waals surface area contributed by atoms with E-state index >= 15 is 0 Å². The molecular weight excluding hydrogens is 206 g/mol. The third kappa shape index (κ3) is 3.22. The fraction of sp³-hybridized carbons (Fsp3) is 0.364. The van der Waals surface area contributed by atoms with Gasteiger partial charge in [-0.05, 0) is 12.1 Å². The largest absolute Gasteiger partial charge is 0.496 e. The van der Waals surface area contributed by atoms with E-state index in [1.165, 1.54) is 0 Å². The van der Waals surface area contributed by atoms with Crippen molar-refractivity contribution in [2.45, 2.75) is 0 Å². The Morgan fingerprint density at radius 2 is 2.12 bits per heavy atom. The number of nitrogens with zero attached hydrogens (tertiary/aromatic N) is 1. The summed E-state index contributed by atoms with van der Waals surface area (Å²) < 4.78 is 10.1. The Morgan fingerprint density at radius 1 is 1.38 bits per heavy atom. The lowest BCUT2D eigenvalue weighted by molar-refractivity contribution is 0.208. The summed E-state index contributed by atoms with van der Waals surface area (Å²) in [6.45, 7) is 1.11. The topological polar surface area (TPSA) is 68.9 Å². The number of amidine groups is 1. The molecule has 0 aliphatic rings. The van der Waals surface area contributed by atoms with Crippen molar-refractivity contribution in [2.75, 3.05) is 27.4 Å². The van der Waals surface area contributed by atoms with Crippen LogP contribution in [-0.2, 0) is 4.74 Å². The highest BCUT2D eigenvalue weighted by Crippen LogP contribution is 2.17. The van der Waals surface area contributed by atoms with Gasteiger partial charge in [0.05, 0.1) is 25.8 Å². The number of ether oxygens (including phenoxy) is 2. The lowest BCUT2D eigenvalue weighted by Gasteiger charge is -2.10. The zero-order valence-corrected chi connectivity index (χ0v) is 9.56. The highest BCUT2D eigenvalue weighted by atomic mass is 16.5. The van der Waals surface area contributed by atoms with E-state index in [-0.39, 0.29) is 0 Å². The number of hydrazine groups is 1. The quantitative estimate of drug-likeness (QED) is 0.251. The third-order valence-corrected chi connectivity index (χ3v) is 2.06. The SMILES string of the molecule is COCCN=C(NN)c1ccccc1OC. The fourth-order valence-electron chi connectivity index (χ4n) is 1.30. The van der Waals surface area contributed by atoms with E-state index in [2.05, 4.69) is 10.4 Å². The molecule has 16 heavy (non-hydrogen) atoms. The molecule has 0 aliphatic carbocycles. The lowest BCUT2D eigenvalue weighted by Crippen LogP contribution is -2.31. The first-order valence-corrected chi connectivity index (χ1v) is 4.97. The Bertz CT molecular complexity index is 353. The van der Waals surface area contributed by atoms with E-state index in [0.29, 0.717) is 19.0 Å². The Balaban J connectivity index is 2.89. The summed E-state index contributed by atoms with van der Waals surface area (Å²) in [6, 6.07) is 7.55. The average Bonchev–Trinajstić information content (AvgIpc) is 2.35. The van der Waals surface area contributed by atoms with E-state index in [1.54, 1.807) is 14.2 Å². The summed E-state index contributed by atoms with van der Waals surface area (Å²) in [7, 11) is 3.25. The smallest absolute Gasteiger partial charge is 0.146 e. The van der Waals surface area contributed by atoms with Gasteiger partial charge in [0.15, 0.2) is 0 Å². The van der Waals surface area contributed by atoms with Gasteiger partial charge in [0.2, 0.25) is 0 Å². The van der Waals surface area contributed by atoms with Crippen LogP contribution < -0.4 is 16.0 Å². The molecule has 3 N–H and O–H groups in total. The van der Waals surface area contributed by atoms with Gasteiger partial charge in [0.1, 0.15) is 11.6 Å². The van der Waals surface area contributed by atoms with Crippen molar-refractivity contribution >= 4 is 5.84 Å². The number of hydrogen-bond donors (Lipinski definition) is 2. The number of aliphatic imine (C=N–C) groups is 1. The van der Waals surface area contributed by atoms with Gasteiger partial charge in [0.25, 0.3) is 0 Å². The summed E-state index contributed by atoms with van der Waals surface area (Å²) in [5.41, 5.74) is 3.40. The van der Waals surface area contributed by atoms with Crippen molar-refractivity contribution in [3.8, 4) is 5.75 Å². The molecule has 1 aromatic rings. The summed E-state index contributed by atoms with van der Waals surface area (Å²) in [5, 5.41) is 0. The second-order valence-electron chi connectivity index (χ2n) is 3.07. The van der Waals surface area contributed by atoms with Crippen molar-refractivity contribution in [2.24, 2.45) is 10.8 Å². The molecular formula is C11H17N3O2. The number of benzene rings is 1. The highest BCUT2D eigenvalue weighted by Gasteiger charge is 2.07. The van der Waals surface area contributed by atoms with Crippen molar-refractivity contribution in [3.05, 3.63) is 29.8 Å². The molecule has 1 rings (SSSR count). The van der Waals surface area contributed by atoms with Crippen LogP contribution in [0.4, 0.5) is 0 Å². The molecule has 0 heterocycles. The first-order valence-electron chi connectivity index (χ1n) is 4.97. The van der Waals surface area contributed by atoms with Crippen molar-refractivity contribution in [1.29, 1.82) is 0 Å². The second kappa shape index (κ2) is 6.81. The first kappa shape index (κ1) is 12.5. The molecule has 0 aromatic heterocycles. The zero-order valence-electron chi connectivity index (χ0n) is 9.56. The molecule has 0 saturated heterocycles. The zero-order chi connectivity index (χ0) is 11.8. The number of hydrogen-bond acceptors (Lipinski definition) is 4. The maximum absolute atomic E-state index is 5.43. The van der Waals surface area contributed by atoms with Gasteiger partial charge in [0, 0.05) is 7.11 Å². The van der Waals surface area contributed by atoms with Crippen LogP contribution in [-0.4, -0.2) is 33.2 Å². The minimum atomic E-state index is 0.550. The molecule has 0 unspecified atom stereocenters. The Morgan fingerprint density at radius 3 is 2.75 bits per heavy atom. The van der Waals surface area contributed by atoms with Crippen LogP contribution in [0.2, 0.25) is 0 Å². The molecule has 0 fully saturated rings. The van der Waals surface area contributed by atoms with Gasteiger partial charge >= 0.3 is 0 Å². The van der Waals surface area contributed by atoms with Crippen LogP contribution in [0.3, 0.4) is 0 Å². The van der Waals surface area contributed by atoms with Gasteiger partial charge in [-0.2, -0.15) is 0 Å². The molecule has 0 amide bonds. The normalized spacial score (nSPS) is 11.3. The molecule has 0 saturated carbocycles. The molecule has 0 radical (unpaired) electrons. The molecule has 0 spiro atoms. The van der Waals surface area contributed by atoms with Gasteiger partial charge < -0.3 is 14.9 Å². The third-order valence-electron chi connectivity index (χ3n) is 2.06. The molecule has 0 atom stereocenters. The second-order valence-corrected chi connectivity index (χ2v) is 3.07. The number of nitrogens with one attached hydrogen (secondary N) is 1. The summed E-state index contributed by atoms with van der Waals surface area (Å²) >= 11 is 0. The van der Waals surface area contributed by atoms with Crippen LogP contribution in [0, 0.1) is 0 Å². The van der Waals surface area contributed by atoms with Crippen LogP contribution in [0.5, 0.6) is 5.75 Å². The summed E-state index contributed by atoms with van der Waals surface area (Å²) in [4.78, 5) is 4.29. The molecule has 0 aliphatic heterocycles. The first-order chi connectivity index (χ1) is 7.83. The van der Waals surface area contributed by atoms with E-state index in [0.717, 1.165) is 11.3 Å². The maximum Gasteiger partial charge on any atom is 0.146 e. The van der Waals surface area contributed by atoms with E-state index in [9.17, 15) is 0 Å². The van der Waals surface area contributed by atoms with Gasteiger partial charge in [-0.15, -0.1) is 0 Å². The Kier molecular flexibility index (Phi) is 5.31. The van der Waals surface area contributed by atoms with Crippen molar-refractivity contribution < 1.29 is 9.47 Å². The fourth-order valence-corrected chi connectivity index (χ4v) is 1.30. The summed E-state index contributed by atoms with van der Waals surface area (Å²) in [6.07, 6.45) is 0. The van der Waals surface area contributed by atoms with Crippen LogP contribution >= 0.6 is 0 Å². The molecule has 88 valence electrons. The lowest BCUT2D eigenvalue weighted by atomic mass is 10.2. The van der Waals surface area contributed by atoms with Crippen LogP contribution in [0.15, 0.2) is 29.3 Å². The number of rotatable bonds is 5. The van der Waals surface area contributed by atoms with Crippen LogP contribution in [0.25, 0.3) is 0 Å². The maximum atomic E-state index is 5.43. The minimum Gasteiger partial charge on any atom is -0.496 e. The predicted octanol–water partition coefficient (Wildman–Crippen LogP) is 0.551. The predicted molar refractivity (Wildman–Crippen MR) is 63.6 cm³/mol. The molecule has 5 nitrogen and oxygen atoms in total. The van der Waals surface area contributed by atoms with Gasteiger partial charge in [-0.3, -0.25) is 4.99 Å². The average molecular weight is 223 g/mol. The van der Waals surface area contributed by atoms with Crippen LogP contribution in [0.1, 0.15) is 5.56 Å².